The maximum atomic E-state index is 13.3. The third-order valence-electron chi connectivity index (χ3n) is 6.67. The summed E-state index contributed by atoms with van der Waals surface area (Å²) in [6.07, 6.45) is 7.50. The molecular weight excluding hydrogens is 366 g/mol. The van der Waals surface area contributed by atoms with E-state index in [4.69, 9.17) is 4.52 Å². The van der Waals surface area contributed by atoms with Crippen LogP contribution in [0.2, 0.25) is 0 Å². The fraction of sp³-hybridized carbons (Fsp3) is 0.789. The van der Waals surface area contributed by atoms with E-state index in [2.05, 4.69) is 10.5 Å². The zero-order valence-corrected chi connectivity index (χ0v) is 17.0. The summed E-state index contributed by atoms with van der Waals surface area (Å²) >= 11 is 0. The largest absolute Gasteiger partial charge is 0.360 e. The quantitative estimate of drug-likeness (QED) is 0.826. The third kappa shape index (κ3) is 3.42. The molecule has 150 valence electrons. The number of carbonyl (C=O) groups is 1. The number of carbonyl (C=O) groups excluding carboxylic acids is 1. The zero-order chi connectivity index (χ0) is 19.2. The summed E-state index contributed by atoms with van der Waals surface area (Å²) in [6.45, 7) is 4.87. The Hall–Kier alpha value is -1.41. The van der Waals surface area contributed by atoms with Crippen LogP contribution in [0.15, 0.2) is 9.42 Å². The van der Waals surface area contributed by atoms with Gasteiger partial charge in [0.25, 0.3) is 0 Å². The van der Waals surface area contributed by atoms with Gasteiger partial charge in [0.2, 0.25) is 15.9 Å². The number of sulfonamides is 1. The lowest BCUT2D eigenvalue weighted by molar-refractivity contribution is -0.122. The summed E-state index contributed by atoms with van der Waals surface area (Å²) in [4.78, 5) is 12.3. The van der Waals surface area contributed by atoms with Crippen molar-refractivity contribution >= 4 is 15.9 Å². The van der Waals surface area contributed by atoms with Gasteiger partial charge in [0.05, 0.1) is 0 Å². The minimum Gasteiger partial charge on any atom is -0.360 e. The molecule has 0 bridgehead atoms. The van der Waals surface area contributed by atoms with Crippen LogP contribution in [0.5, 0.6) is 0 Å². The first kappa shape index (κ1) is 18.9. The highest BCUT2D eigenvalue weighted by Gasteiger charge is 2.51. The molecule has 2 aliphatic carbocycles. The topological polar surface area (TPSA) is 92.5 Å². The lowest BCUT2D eigenvalue weighted by atomic mass is 9.68. The van der Waals surface area contributed by atoms with Crippen molar-refractivity contribution in [3.8, 4) is 0 Å². The Kier molecular flexibility index (Phi) is 4.83. The number of rotatable bonds is 5. The molecule has 27 heavy (non-hydrogen) atoms. The summed E-state index contributed by atoms with van der Waals surface area (Å²) in [5.74, 6) is 0.815. The van der Waals surface area contributed by atoms with E-state index in [0.29, 0.717) is 31.1 Å². The number of hydrogen-bond acceptors (Lipinski definition) is 5. The van der Waals surface area contributed by atoms with Crippen molar-refractivity contribution in [1.82, 2.24) is 14.8 Å². The van der Waals surface area contributed by atoms with Gasteiger partial charge < -0.3 is 9.84 Å². The number of nitrogens with zero attached hydrogens (tertiary/aromatic N) is 2. The Bertz CT molecular complexity index is 803. The Balaban J connectivity index is 1.57. The van der Waals surface area contributed by atoms with Gasteiger partial charge in [0.1, 0.15) is 10.6 Å². The monoisotopic (exact) mass is 395 g/mol. The van der Waals surface area contributed by atoms with Crippen LogP contribution in [-0.4, -0.2) is 43.4 Å². The highest BCUT2D eigenvalue weighted by Crippen LogP contribution is 2.49. The Labute approximate surface area is 160 Å². The van der Waals surface area contributed by atoms with Crippen molar-refractivity contribution in [2.24, 2.45) is 17.3 Å². The maximum Gasteiger partial charge on any atom is 0.248 e. The number of aromatic nitrogens is 1. The molecule has 1 N–H and O–H groups in total. The van der Waals surface area contributed by atoms with Crippen molar-refractivity contribution in [2.45, 2.75) is 63.7 Å². The molecule has 4 rings (SSSR count). The molecule has 7 nitrogen and oxygen atoms in total. The molecule has 2 heterocycles. The normalized spacial score (nSPS) is 25.8. The average molecular weight is 396 g/mol. The standard InChI is InChI=1S/C19H29N3O4S/c1-13-17(14(2)26-21-13)27(24,25)22-11-16(10-20-18(23)15-6-7-15)19(12-22)8-4-3-5-9-19/h15-16H,3-12H2,1-2H3,(H,20,23). The Morgan fingerprint density at radius 2 is 1.96 bits per heavy atom. The van der Waals surface area contributed by atoms with Crippen molar-refractivity contribution < 1.29 is 17.7 Å². The minimum atomic E-state index is -3.64. The molecule has 1 saturated heterocycles. The van der Waals surface area contributed by atoms with E-state index >= 15 is 0 Å². The summed E-state index contributed by atoms with van der Waals surface area (Å²) in [5.41, 5.74) is 0.386. The van der Waals surface area contributed by atoms with Gasteiger partial charge in [-0.05, 0) is 50.9 Å². The molecule has 3 fully saturated rings. The first-order valence-corrected chi connectivity index (χ1v) is 11.5. The van der Waals surface area contributed by atoms with Gasteiger partial charge in [0, 0.05) is 25.6 Å². The lowest BCUT2D eigenvalue weighted by Crippen LogP contribution is -2.40. The predicted molar refractivity (Wildman–Crippen MR) is 99.5 cm³/mol. The van der Waals surface area contributed by atoms with E-state index in [-0.39, 0.29) is 28.1 Å². The van der Waals surface area contributed by atoms with E-state index in [0.717, 1.165) is 38.5 Å². The van der Waals surface area contributed by atoms with Crippen molar-refractivity contribution in [3.05, 3.63) is 11.5 Å². The van der Waals surface area contributed by atoms with Crippen LogP contribution in [0.1, 0.15) is 56.4 Å². The van der Waals surface area contributed by atoms with Crippen LogP contribution in [0.4, 0.5) is 0 Å². The van der Waals surface area contributed by atoms with Gasteiger partial charge in [-0.2, -0.15) is 4.31 Å². The van der Waals surface area contributed by atoms with Crippen LogP contribution in [0.25, 0.3) is 0 Å². The van der Waals surface area contributed by atoms with Crippen molar-refractivity contribution in [2.75, 3.05) is 19.6 Å². The third-order valence-corrected chi connectivity index (χ3v) is 8.72. The molecule has 1 unspecified atom stereocenters. The fourth-order valence-electron chi connectivity index (χ4n) is 4.96. The lowest BCUT2D eigenvalue weighted by Gasteiger charge is -2.38. The second kappa shape index (κ2) is 6.88. The van der Waals surface area contributed by atoms with Crippen molar-refractivity contribution in [3.63, 3.8) is 0 Å². The number of amides is 1. The van der Waals surface area contributed by atoms with Crippen molar-refractivity contribution in [1.29, 1.82) is 0 Å². The predicted octanol–water partition coefficient (Wildman–Crippen LogP) is 2.39. The maximum absolute atomic E-state index is 13.3. The molecule has 3 aliphatic rings. The van der Waals surface area contributed by atoms with Crippen LogP contribution in [-0.2, 0) is 14.8 Å². The summed E-state index contributed by atoms with van der Waals surface area (Å²) in [5, 5.41) is 6.92. The molecule has 1 aliphatic heterocycles. The SMILES string of the molecule is Cc1noc(C)c1S(=O)(=O)N1CC(CNC(=O)C2CC2)C2(CCCCC2)C1. The zero-order valence-electron chi connectivity index (χ0n) is 16.2. The van der Waals surface area contributed by atoms with Gasteiger partial charge in [-0.25, -0.2) is 8.42 Å². The Morgan fingerprint density at radius 1 is 1.26 bits per heavy atom. The van der Waals surface area contributed by atoms with Gasteiger partial charge in [-0.1, -0.05) is 24.4 Å². The van der Waals surface area contributed by atoms with Gasteiger partial charge in [-0.15, -0.1) is 0 Å². The highest BCUT2D eigenvalue weighted by molar-refractivity contribution is 7.89. The molecule has 1 spiro atoms. The van der Waals surface area contributed by atoms with Gasteiger partial charge >= 0.3 is 0 Å². The molecule has 1 aromatic heterocycles. The Morgan fingerprint density at radius 3 is 2.56 bits per heavy atom. The molecule has 1 atom stereocenters. The summed E-state index contributed by atoms with van der Waals surface area (Å²) in [7, 11) is -3.64. The van der Waals surface area contributed by atoms with Crippen LogP contribution in [0.3, 0.4) is 0 Å². The van der Waals surface area contributed by atoms with Crippen LogP contribution in [0, 0.1) is 31.1 Å². The second-order valence-corrected chi connectivity index (χ2v) is 10.5. The van der Waals surface area contributed by atoms with Gasteiger partial charge in [0.15, 0.2) is 5.76 Å². The van der Waals surface area contributed by atoms with E-state index in [9.17, 15) is 13.2 Å². The number of nitrogens with one attached hydrogen (secondary N) is 1. The minimum absolute atomic E-state index is 0.0267. The van der Waals surface area contributed by atoms with E-state index in [1.54, 1.807) is 18.2 Å². The fourth-order valence-corrected chi connectivity index (χ4v) is 6.83. The first-order valence-electron chi connectivity index (χ1n) is 10.0. The molecule has 1 amide bonds. The molecule has 8 heteroatoms. The van der Waals surface area contributed by atoms with E-state index in [1.807, 2.05) is 0 Å². The smallest absolute Gasteiger partial charge is 0.248 e. The molecule has 0 aromatic carbocycles. The summed E-state index contributed by atoms with van der Waals surface area (Å²) in [6, 6.07) is 0. The van der Waals surface area contributed by atoms with E-state index < -0.39 is 10.0 Å². The summed E-state index contributed by atoms with van der Waals surface area (Å²) < 4.78 is 33.3. The number of hydrogen-bond donors (Lipinski definition) is 1. The van der Waals surface area contributed by atoms with Gasteiger partial charge in [-0.3, -0.25) is 4.79 Å². The first-order chi connectivity index (χ1) is 12.8. The van der Waals surface area contributed by atoms with Crippen LogP contribution < -0.4 is 5.32 Å². The van der Waals surface area contributed by atoms with Crippen LogP contribution >= 0.6 is 0 Å². The molecule has 0 radical (unpaired) electrons. The average Bonchev–Trinajstić information content (AvgIpc) is 3.35. The number of aryl methyl sites for hydroxylation is 2. The molecular formula is C19H29N3O4S. The molecule has 1 aromatic rings. The highest BCUT2D eigenvalue weighted by atomic mass is 32.2. The van der Waals surface area contributed by atoms with E-state index in [1.165, 1.54) is 6.42 Å². The molecule has 2 saturated carbocycles. The second-order valence-electron chi connectivity index (χ2n) is 8.59.